The molecule has 0 radical (unpaired) electrons. The summed E-state index contributed by atoms with van der Waals surface area (Å²) < 4.78 is 0. The van der Waals surface area contributed by atoms with Crippen LogP contribution in [0.1, 0.15) is 13.8 Å². The fraction of sp³-hybridized carbons (Fsp3) is 0.250. The van der Waals surface area contributed by atoms with Crippen molar-refractivity contribution in [3.05, 3.63) is 35.3 Å². The Labute approximate surface area is 104 Å². The summed E-state index contributed by atoms with van der Waals surface area (Å²) in [5.74, 6) is 1.14. The number of pyridine rings is 1. The minimum Gasteiger partial charge on any atom is -0.274 e. The topological polar surface area (TPSA) is 46.1 Å². The lowest BCUT2D eigenvalue weighted by atomic mass is 10.2. The van der Waals surface area contributed by atoms with Gasteiger partial charge in [0.2, 0.25) is 5.91 Å². The van der Waals surface area contributed by atoms with Crippen LogP contribution < -0.4 is 4.90 Å². The molecule has 0 aliphatic carbocycles. The van der Waals surface area contributed by atoms with Gasteiger partial charge in [-0.25, -0.2) is 14.9 Å². The lowest BCUT2D eigenvalue weighted by Gasteiger charge is -2.21. The summed E-state index contributed by atoms with van der Waals surface area (Å²) in [5, 5.41) is 1.84. The molecule has 2 heterocycles. The van der Waals surface area contributed by atoms with E-state index in [9.17, 15) is 4.79 Å². The van der Waals surface area contributed by atoms with Crippen LogP contribution in [0.2, 0.25) is 0 Å². The van der Waals surface area contributed by atoms with Gasteiger partial charge in [0.05, 0.1) is 5.51 Å². The van der Waals surface area contributed by atoms with Crippen molar-refractivity contribution >= 4 is 28.9 Å². The molecule has 0 aromatic carbocycles. The van der Waals surface area contributed by atoms with Gasteiger partial charge in [0, 0.05) is 17.5 Å². The molecule has 5 heteroatoms. The second-order valence-corrected chi connectivity index (χ2v) is 4.58. The molecule has 1 amide bonds. The van der Waals surface area contributed by atoms with E-state index in [1.54, 1.807) is 22.7 Å². The number of hydrogen-bond acceptors (Lipinski definition) is 4. The first-order valence-corrected chi connectivity index (χ1v) is 6.27. The first-order valence-electron chi connectivity index (χ1n) is 5.33. The molecule has 0 aliphatic rings. The minimum absolute atomic E-state index is 0.00500. The Kier molecular flexibility index (Phi) is 3.49. The van der Waals surface area contributed by atoms with Crippen LogP contribution >= 0.6 is 11.3 Å². The Morgan fingerprint density at radius 3 is 2.65 bits per heavy atom. The Bertz CT molecular complexity index is 482. The van der Waals surface area contributed by atoms with Crippen LogP contribution in [-0.4, -0.2) is 15.9 Å². The van der Waals surface area contributed by atoms with E-state index in [-0.39, 0.29) is 11.8 Å². The van der Waals surface area contributed by atoms with Crippen LogP contribution in [0, 0.1) is 5.92 Å². The SMILES string of the molecule is CC(C)C(=O)N(c1ccccn1)c1cscn1. The molecule has 0 fully saturated rings. The van der Waals surface area contributed by atoms with Gasteiger partial charge < -0.3 is 0 Å². The number of aromatic nitrogens is 2. The molecule has 0 bridgehead atoms. The summed E-state index contributed by atoms with van der Waals surface area (Å²) in [4.78, 5) is 22.1. The maximum atomic E-state index is 12.2. The highest BCUT2D eigenvalue weighted by atomic mass is 32.1. The van der Waals surface area contributed by atoms with Crippen LogP contribution in [0.4, 0.5) is 11.6 Å². The molecule has 0 unspecified atom stereocenters. The van der Waals surface area contributed by atoms with Crippen molar-refractivity contribution in [2.45, 2.75) is 13.8 Å². The number of rotatable bonds is 3. The zero-order valence-corrected chi connectivity index (χ0v) is 10.5. The van der Waals surface area contributed by atoms with E-state index in [1.807, 2.05) is 31.4 Å². The number of anilines is 2. The second kappa shape index (κ2) is 5.05. The predicted octanol–water partition coefficient (Wildman–Crippen LogP) is 2.86. The van der Waals surface area contributed by atoms with Crippen LogP contribution in [0.3, 0.4) is 0 Å². The average Bonchev–Trinajstić information content (AvgIpc) is 2.84. The van der Waals surface area contributed by atoms with Crippen molar-refractivity contribution in [3.63, 3.8) is 0 Å². The van der Waals surface area contributed by atoms with Gasteiger partial charge in [0.25, 0.3) is 0 Å². The molecule has 17 heavy (non-hydrogen) atoms. The first-order chi connectivity index (χ1) is 8.20. The van der Waals surface area contributed by atoms with Crippen molar-refractivity contribution in [2.75, 3.05) is 4.90 Å². The maximum Gasteiger partial charge on any atom is 0.236 e. The molecule has 0 spiro atoms. The van der Waals surface area contributed by atoms with Gasteiger partial charge >= 0.3 is 0 Å². The van der Waals surface area contributed by atoms with E-state index in [0.29, 0.717) is 11.6 Å². The average molecular weight is 247 g/mol. The summed E-state index contributed by atoms with van der Waals surface area (Å²) in [7, 11) is 0. The van der Waals surface area contributed by atoms with Gasteiger partial charge in [-0.1, -0.05) is 19.9 Å². The Hall–Kier alpha value is -1.75. The lowest BCUT2D eigenvalue weighted by molar-refractivity contribution is -0.120. The monoisotopic (exact) mass is 247 g/mol. The van der Waals surface area contributed by atoms with E-state index < -0.39 is 0 Å². The fourth-order valence-electron chi connectivity index (χ4n) is 1.40. The Balaban J connectivity index is 2.42. The Morgan fingerprint density at radius 1 is 1.29 bits per heavy atom. The summed E-state index contributed by atoms with van der Waals surface area (Å²) >= 11 is 1.46. The molecule has 2 aromatic heterocycles. The van der Waals surface area contributed by atoms with Gasteiger partial charge in [0.15, 0.2) is 5.82 Å². The van der Waals surface area contributed by atoms with Crippen molar-refractivity contribution in [1.82, 2.24) is 9.97 Å². The van der Waals surface area contributed by atoms with E-state index in [2.05, 4.69) is 9.97 Å². The van der Waals surface area contributed by atoms with Crippen LogP contribution in [0.15, 0.2) is 35.3 Å². The van der Waals surface area contributed by atoms with E-state index in [0.717, 1.165) is 0 Å². The molecule has 0 saturated carbocycles. The third-order valence-corrected chi connectivity index (χ3v) is 2.82. The third-order valence-electron chi connectivity index (χ3n) is 2.24. The molecule has 2 rings (SSSR count). The summed E-state index contributed by atoms with van der Waals surface area (Å²) in [6.45, 7) is 3.73. The highest BCUT2D eigenvalue weighted by molar-refractivity contribution is 7.07. The van der Waals surface area contributed by atoms with Crippen molar-refractivity contribution < 1.29 is 4.79 Å². The summed E-state index contributed by atoms with van der Waals surface area (Å²) in [5.41, 5.74) is 1.71. The van der Waals surface area contributed by atoms with Gasteiger partial charge in [-0.2, -0.15) is 0 Å². The maximum absolute atomic E-state index is 12.2. The molecule has 0 aliphatic heterocycles. The van der Waals surface area contributed by atoms with E-state index in [1.165, 1.54) is 11.3 Å². The minimum atomic E-state index is -0.0984. The zero-order chi connectivity index (χ0) is 12.3. The second-order valence-electron chi connectivity index (χ2n) is 3.86. The molecular weight excluding hydrogens is 234 g/mol. The molecule has 88 valence electrons. The first kappa shape index (κ1) is 11.7. The highest BCUT2D eigenvalue weighted by Crippen LogP contribution is 2.24. The summed E-state index contributed by atoms with van der Waals surface area (Å²) in [6.07, 6.45) is 1.67. The largest absolute Gasteiger partial charge is 0.274 e. The van der Waals surface area contributed by atoms with Crippen molar-refractivity contribution in [3.8, 4) is 0 Å². The number of thiazole rings is 1. The normalized spacial score (nSPS) is 10.5. The molecular formula is C12H13N3OS. The summed E-state index contributed by atoms with van der Waals surface area (Å²) in [6, 6.07) is 5.48. The molecule has 0 atom stereocenters. The van der Waals surface area contributed by atoms with Gasteiger partial charge in [0.1, 0.15) is 5.82 Å². The van der Waals surface area contributed by atoms with Crippen molar-refractivity contribution in [1.29, 1.82) is 0 Å². The van der Waals surface area contributed by atoms with Gasteiger partial charge in [-0.3, -0.25) is 4.79 Å². The molecule has 4 nitrogen and oxygen atoms in total. The van der Waals surface area contributed by atoms with Crippen molar-refractivity contribution in [2.24, 2.45) is 5.92 Å². The third kappa shape index (κ3) is 2.50. The number of hydrogen-bond donors (Lipinski definition) is 0. The number of carbonyl (C=O) groups excluding carboxylic acids is 1. The Morgan fingerprint density at radius 2 is 2.12 bits per heavy atom. The van der Waals surface area contributed by atoms with Crippen LogP contribution in [-0.2, 0) is 4.79 Å². The smallest absolute Gasteiger partial charge is 0.236 e. The van der Waals surface area contributed by atoms with Crippen LogP contribution in [0.25, 0.3) is 0 Å². The van der Waals surface area contributed by atoms with E-state index in [4.69, 9.17) is 0 Å². The van der Waals surface area contributed by atoms with Gasteiger partial charge in [-0.05, 0) is 12.1 Å². The van der Waals surface area contributed by atoms with E-state index >= 15 is 0 Å². The molecule has 0 saturated heterocycles. The molecule has 0 N–H and O–H groups in total. The van der Waals surface area contributed by atoms with Crippen LogP contribution in [0.5, 0.6) is 0 Å². The number of nitrogens with zero attached hydrogens (tertiary/aromatic N) is 3. The quantitative estimate of drug-likeness (QED) is 0.837. The predicted molar refractivity (Wildman–Crippen MR) is 68.3 cm³/mol. The number of amides is 1. The number of carbonyl (C=O) groups is 1. The molecule has 2 aromatic rings. The fourth-order valence-corrected chi connectivity index (χ4v) is 1.92. The standard InChI is InChI=1S/C12H13N3OS/c1-9(2)12(16)15(11-7-17-8-14-11)10-5-3-4-6-13-10/h3-9H,1-2H3. The highest BCUT2D eigenvalue weighted by Gasteiger charge is 2.22. The zero-order valence-electron chi connectivity index (χ0n) is 9.70. The van der Waals surface area contributed by atoms with Gasteiger partial charge in [-0.15, -0.1) is 11.3 Å². The lowest BCUT2D eigenvalue weighted by Crippen LogP contribution is -2.30.